The predicted molar refractivity (Wildman–Crippen MR) is 101 cm³/mol. The number of pyridine rings is 1. The second-order valence-electron chi connectivity index (χ2n) is 7.38. The van der Waals surface area contributed by atoms with Gasteiger partial charge in [-0.3, -0.25) is 4.79 Å². The number of hydrogen-bond acceptors (Lipinski definition) is 4. The van der Waals surface area contributed by atoms with Gasteiger partial charge in [0.2, 0.25) is 5.91 Å². The van der Waals surface area contributed by atoms with Gasteiger partial charge in [0, 0.05) is 31.2 Å². The summed E-state index contributed by atoms with van der Waals surface area (Å²) in [5.41, 5.74) is 3.24. The van der Waals surface area contributed by atoms with E-state index in [9.17, 15) is 4.79 Å². The van der Waals surface area contributed by atoms with Crippen molar-refractivity contribution in [1.29, 1.82) is 0 Å². The van der Waals surface area contributed by atoms with Crippen molar-refractivity contribution in [2.75, 3.05) is 32.9 Å². The molecule has 1 amide bonds. The van der Waals surface area contributed by atoms with Crippen LogP contribution in [0.1, 0.15) is 25.1 Å². The number of amides is 1. The molecule has 0 unspecified atom stereocenters. The number of hydrogen-bond donors (Lipinski definition) is 1. The molecule has 6 heteroatoms. The first-order valence-electron chi connectivity index (χ1n) is 8.19. The van der Waals surface area contributed by atoms with E-state index in [1.807, 2.05) is 16.7 Å². The van der Waals surface area contributed by atoms with Crippen molar-refractivity contribution in [1.82, 2.24) is 19.6 Å². The van der Waals surface area contributed by atoms with Gasteiger partial charge in [-0.2, -0.15) is 0 Å². The molecule has 0 atom stereocenters. The van der Waals surface area contributed by atoms with Crippen LogP contribution in [0.15, 0.2) is 24.5 Å². The summed E-state index contributed by atoms with van der Waals surface area (Å²) in [7, 11) is 4.10. The van der Waals surface area contributed by atoms with Gasteiger partial charge in [0.15, 0.2) is 0 Å². The van der Waals surface area contributed by atoms with Crippen LogP contribution in [-0.4, -0.2) is 53.1 Å². The quantitative estimate of drug-likeness (QED) is 0.797. The number of aryl methyl sites for hydroxylation is 1. The molecule has 2 rings (SSSR count). The SMILES string of the molecule is Cc1ccc2nc(CSCC(=O)NCC(C)(C)CN(C)C)cn2c1. The van der Waals surface area contributed by atoms with Gasteiger partial charge in [0.05, 0.1) is 11.4 Å². The Morgan fingerprint density at radius 1 is 1.33 bits per heavy atom. The highest BCUT2D eigenvalue weighted by atomic mass is 32.2. The summed E-state index contributed by atoms with van der Waals surface area (Å²) in [5, 5.41) is 3.04. The van der Waals surface area contributed by atoms with Gasteiger partial charge >= 0.3 is 0 Å². The van der Waals surface area contributed by atoms with Crippen molar-refractivity contribution < 1.29 is 4.79 Å². The Balaban J connectivity index is 1.75. The average Bonchev–Trinajstić information content (AvgIpc) is 2.85. The zero-order valence-corrected chi connectivity index (χ0v) is 16.1. The largest absolute Gasteiger partial charge is 0.355 e. The number of nitrogens with one attached hydrogen (secondary N) is 1. The molecule has 0 radical (unpaired) electrons. The Kier molecular flexibility index (Phi) is 6.29. The lowest BCUT2D eigenvalue weighted by atomic mass is 9.93. The molecule has 1 N–H and O–H groups in total. The highest BCUT2D eigenvalue weighted by Gasteiger charge is 2.19. The molecule has 0 fully saturated rings. The molecule has 0 saturated carbocycles. The minimum atomic E-state index is 0.0727. The molecule has 5 nitrogen and oxygen atoms in total. The molecular formula is C18H28N4OS. The smallest absolute Gasteiger partial charge is 0.230 e. The monoisotopic (exact) mass is 348 g/mol. The fourth-order valence-electron chi connectivity index (χ4n) is 2.77. The topological polar surface area (TPSA) is 49.6 Å². The molecule has 0 bridgehead atoms. The van der Waals surface area contributed by atoms with E-state index in [1.54, 1.807) is 11.8 Å². The molecule has 0 aliphatic heterocycles. The molecule has 0 saturated heterocycles. The van der Waals surface area contributed by atoms with Gasteiger partial charge < -0.3 is 14.6 Å². The van der Waals surface area contributed by atoms with Crippen LogP contribution in [0.5, 0.6) is 0 Å². The zero-order chi connectivity index (χ0) is 17.7. The van der Waals surface area contributed by atoms with Crippen LogP contribution in [0.4, 0.5) is 0 Å². The van der Waals surface area contributed by atoms with Crippen molar-refractivity contribution in [3.63, 3.8) is 0 Å². The Labute approximate surface area is 148 Å². The summed E-state index contributed by atoms with van der Waals surface area (Å²) in [6.45, 7) is 8.04. The number of carbonyl (C=O) groups excluding carboxylic acids is 1. The van der Waals surface area contributed by atoms with Crippen LogP contribution in [0.2, 0.25) is 0 Å². The van der Waals surface area contributed by atoms with E-state index in [-0.39, 0.29) is 11.3 Å². The van der Waals surface area contributed by atoms with Crippen molar-refractivity contribution in [2.24, 2.45) is 5.41 Å². The number of fused-ring (bicyclic) bond motifs is 1. The van der Waals surface area contributed by atoms with E-state index < -0.39 is 0 Å². The van der Waals surface area contributed by atoms with E-state index in [0.717, 1.165) is 23.6 Å². The third-order valence-electron chi connectivity index (χ3n) is 3.64. The highest BCUT2D eigenvalue weighted by Crippen LogP contribution is 2.15. The highest BCUT2D eigenvalue weighted by molar-refractivity contribution is 7.99. The Morgan fingerprint density at radius 3 is 2.79 bits per heavy atom. The van der Waals surface area contributed by atoms with Crippen LogP contribution in [0.25, 0.3) is 5.65 Å². The second kappa shape index (κ2) is 8.03. The number of rotatable bonds is 8. The van der Waals surface area contributed by atoms with E-state index in [4.69, 9.17) is 0 Å². The van der Waals surface area contributed by atoms with Crippen LogP contribution in [0.3, 0.4) is 0 Å². The number of thioether (sulfide) groups is 1. The van der Waals surface area contributed by atoms with Gasteiger partial charge in [-0.05, 0) is 38.1 Å². The first-order valence-corrected chi connectivity index (χ1v) is 9.34. The zero-order valence-electron chi connectivity index (χ0n) is 15.3. The second-order valence-corrected chi connectivity index (χ2v) is 8.36. The lowest BCUT2D eigenvalue weighted by Crippen LogP contribution is -2.40. The summed E-state index contributed by atoms with van der Waals surface area (Å²) in [6.07, 6.45) is 4.10. The third kappa shape index (κ3) is 5.83. The van der Waals surface area contributed by atoms with E-state index in [0.29, 0.717) is 12.3 Å². The summed E-state index contributed by atoms with van der Waals surface area (Å²) in [5.74, 6) is 1.30. The molecule has 24 heavy (non-hydrogen) atoms. The van der Waals surface area contributed by atoms with Gasteiger partial charge in [0.1, 0.15) is 5.65 Å². The van der Waals surface area contributed by atoms with Gasteiger partial charge in [-0.1, -0.05) is 19.9 Å². The first-order chi connectivity index (χ1) is 11.2. The summed E-state index contributed by atoms with van der Waals surface area (Å²) >= 11 is 1.60. The molecule has 0 aliphatic rings. The van der Waals surface area contributed by atoms with Crippen LogP contribution in [-0.2, 0) is 10.5 Å². The number of aromatic nitrogens is 2. The molecular weight excluding hydrogens is 320 g/mol. The van der Waals surface area contributed by atoms with Crippen molar-refractivity contribution in [3.05, 3.63) is 35.8 Å². The van der Waals surface area contributed by atoms with Gasteiger partial charge in [-0.15, -0.1) is 11.8 Å². The third-order valence-corrected chi connectivity index (χ3v) is 4.61. The van der Waals surface area contributed by atoms with Crippen molar-refractivity contribution in [2.45, 2.75) is 26.5 Å². The normalized spacial score (nSPS) is 12.1. The molecule has 2 heterocycles. The molecule has 2 aromatic rings. The Hall–Kier alpha value is -1.53. The standard InChI is InChI=1S/C18H28N4OS/c1-14-6-7-16-20-15(9-22(16)8-14)10-24-11-17(23)19-12-18(2,3)13-21(4)5/h6-9H,10-13H2,1-5H3,(H,19,23). The summed E-state index contributed by atoms with van der Waals surface area (Å²) < 4.78 is 2.04. The maximum absolute atomic E-state index is 12.0. The van der Waals surface area contributed by atoms with Crippen molar-refractivity contribution in [3.8, 4) is 0 Å². The fraction of sp³-hybridized carbons (Fsp3) is 0.556. The maximum Gasteiger partial charge on any atom is 0.230 e. The maximum atomic E-state index is 12.0. The first kappa shape index (κ1) is 18.8. The molecule has 132 valence electrons. The van der Waals surface area contributed by atoms with Crippen LogP contribution < -0.4 is 5.32 Å². The number of carbonyl (C=O) groups is 1. The summed E-state index contributed by atoms with van der Waals surface area (Å²) in [4.78, 5) is 18.7. The lowest BCUT2D eigenvalue weighted by molar-refractivity contribution is -0.119. The predicted octanol–water partition coefficient (Wildman–Crippen LogP) is 2.58. The van der Waals surface area contributed by atoms with Gasteiger partial charge in [0.25, 0.3) is 0 Å². The Morgan fingerprint density at radius 2 is 2.08 bits per heavy atom. The molecule has 0 aliphatic carbocycles. The lowest BCUT2D eigenvalue weighted by Gasteiger charge is -2.28. The fourth-order valence-corrected chi connectivity index (χ4v) is 3.51. The Bertz CT molecular complexity index is 693. The summed E-state index contributed by atoms with van der Waals surface area (Å²) in [6, 6.07) is 4.07. The van der Waals surface area contributed by atoms with Crippen molar-refractivity contribution >= 4 is 23.3 Å². The van der Waals surface area contributed by atoms with Gasteiger partial charge in [-0.25, -0.2) is 4.98 Å². The molecule has 2 aromatic heterocycles. The average molecular weight is 349 g/mol. The van der Waals surface area contributed by atoms with E-state index in [1.165, 1.54) is 5.56 Å². The minimum absolute atomic E-state index is 0.0727. The van der Waals surface area contributed by atoms with E-state index in [2.05, 4.69) is 62.3 Å². The minimum Gasteiger partial charge on any atom is -0.355 e. The van der Waals surface area contributed by atoms with E-state index >= 15 is 0 Å². The van der Waals surface area contributed by atoms with Crippen LogP contribution >= 0.6 is 11.8 Å². The van der Waals surface area contributed by atoms with Crippen LogP contribution in [0, 0.1) is 12.3 Å². The number of nitrogens with zero attached hydrogens (tertiary/aromatic N) is 3. The molecule has 0 spiro atoms. The molecule has 0 aromatic carbocycles. The number of imidazole rings is 1.